The lowest BCUT2D eigenvalue weighted by molar-refractivity contribution is -0.144. The van der Waals surface area contributed by atoms with Gasteiger partial charge in [-0.1, -0.05) is 45.5 Å². The molecule has 0 unspecified atom stereocenters. The molecule has 0 aromatic carbocycles. The number of carboxylic acids is 2. The van der Waals surface area contributed by atoms with Gasteiger partial charge in [0.25, 0.3) is 0 Å². The summed E-state index contributed by atoms with van der Waals surface area (Å²) >= 11 is 0. The maximum absolute atomic E-state index is 13.0. The standard InChI is InChI=1S/C35H60N4O11/c1-4-7-9-29(34(43)44)26-30(40)27-38(28-32(41)36-31(35(45)46)10-8-5-2)13-12-37-14-16-39(17-15-37)33(42)11-19-48-21-23-50-25-24-49-22-20-47-18-6-3/h3,29,31H,4-5,7-28H2,1-2H3,(H,36,41)(H,43,44)(H,45,46)/t29-,31+/m1/s1. The number of nitrogens with one attached hydrogen (secondary N) is 1. The minimum atomic E-state index is -1.11. The van der Waals surface area contributed by atoms with Gasteiger partial charge in [-0.05, 0) is 12.8 Å². The SMILES string of the molecule is C#CCOCCOCCOCCOCCC(=O)N1CCN(CCN(CC(=O)C[C@@H](CCCC)C(=O)O)CC(=O)N[C@@H](CCCC)C(=O)O)CC1. The summed E-state index contributed by atoms with van der Waals surface area (Å²) in [5.74, 6) is -1.30. The first kappa shape index (κ1) is 44.9. The van der Waals surface area contributed by atoms with E-state index in [9.17, 15) is 34.2 Å². The van der Waals surface area contributed by atoms with Crippen LogP contribution in [0.5, 0.6) is 0 Å². The number of nitrogens with zero attached hydrogens (tertiary/aromatic N) is 3. The summed E-state index contributed by atoms with van der Waals surface area (Å²) in [6, 6.07) is -1.02. The van der Waals surface area contributed by atoms with Crippen LogP contribution in [0.1, 0.15) is 65.2 Å². The lowest BCUT2D eigenvalue weighted by atomic mass is 9.96. The molecule has 0 spiro atoms. The molecule has 3 N–H and O–H groups in total. The molecule has 0 aliphatic carbocycles. The first-order valence-corrected chi connectivity index (χ1v) is 17.8. The highest BCUT2D eigenvalue weighted by Crippen LogP contribution is 2.14. The van der Waals surface area contributed by atoms with Gasteiger partial charge in [0, 0.05) is 45.7 Å². The number of hydrogen-bond donors (Lipinski definition) is 3. The molecule has 1 fully saturated rings. The fourth-order valence-electron chi connectivity index (χ4n) is 5.29. The van der Waals surface area contributed by atoms with Crippen LogP contribution in [0.3, 0.4) is 0 Å². The highest BCUT2D eigenvalue weighted by atomic mass is 16.6. The van der Waals surface area contributed by atoms with Gasteiger partial charge < -0.3 is 39.4 Å². The second kappa shape index (κ2) is 28.6. The summed E-state index contributed by atoms with van der Waals surface area (Å²) in [5, 5.41) is 21.7. The number of unbranched alkanes of at least 4 members (excludes halogenated alkanes) is 2. The number of rotatable bonds is 31. The summed E-state index contributed by atoms with van der Waals surface area (Å²) in [5.41, 5.74) is 0. The second-order valence-electron chi connectivity index (χ2n) is 12.3. The fraction of sp³-hybridized carbons (Fsp3) is 0.800. The molecule has 50 heavy (non-hydrogen) atoms. The van der Waals surface area contributed by atoms with Crippen LogP contribution in [0.2, 0.25) is 0 Å². The molecule has 1 aliphatic rings. The van der Waals surface area contributed by atoms with Crippen molar-refractivity contribution in [3.8, 4) is 12.3 Å². The molecule has 2 amide bonds. The smallest absolute Gasteiger partial charge is 0.326 e. The Morgan fingerprint density at radius 2 is 1.38 bits per heavy atom. The van der Waals surface area contributed by atoms with Gasteiger partial charge in [0.1, 0.15) is 18.4 Å². The summed E-state index contributed by atoms with van der Waals surface area (Å²) in [6.07, 6.45) is 8.89. The molecule has 2 atom stereocenters. The number of carbonyl (C=O) groups is 5. The van der Waals surface area contributed by atoms with Gasteiger partial charge >= 0.3 is 11.9 Å². The number of piperazine rings is 1. The van der Waals surface area contributed by atoms with Gasteiger partial charge in [0.2, 0.25) is 11.8 Å². The predicted octanol–water partition coefficient (Wildman–Crippen LogP) is 1.13. The van der Waals surface area contributed by atoms with Gasteiger partial charge in [-0.25, -0.2) is 4.79 Å². The van der Waals surface area contributed by atoms with Gasteiger partial charge in [-0.15, -0.1) is 6.42 Å². The van der Waals surface area contributed by atoms with Crippen molar-refractivity contribution in [1.29, 1.82) is 0 Å². The molecule has 1 heterocycles. The minimum absolute atomic E-state index is 0.00188. The molecule has 1 aliphatic heterocycles. The van der Waals surface area contributed by atoms with Crippen molar-refractivity contribution in [3.05, 3.63) is 0 Å². The molecule has 1 saturated heterocycles. The number of carbonyl (C=O) groups excluding carboxylic acids is 3. The van der Waals surface area contributed by atoms with Crippen LogP contribution in [-0.2, 0) is 42.9 Å². The van der Waals surface area contributed by atoms with E-state index in [4.69, 9.17) is 25.4 Å². The Balaban J connectivity index is 2.49. The van der Waals surface area contributed by atoms with Crippen molar-refractivity contribution in [3.63, 3.8) is 0 Å². The molecule has 0 saturated carbocycles. The number of ether oxygens (including phenoxy) is 4. The first-order valence-electron chi connectivity index (χ1n) is 17.8. The third-order valence-corrected chi connectivity index (χ3v) is 8.20. The average molecular weight is 713 g/mol. The zero-order valence-corrected chi connectivity index (χ0v) is 30.1. The third kappa shape index (κ3) is 21.8. The Morgan fingerprint density at radius 1 is 0.800 bits per heavy atom. The fourth-order valence-corrected chi connectivity index (χ4v) is 5.29. The number of ketones is 1. The van der Waals surface area contributed by atoms with E-state index < -0.39 is 29.8 Å². The molecule has 0 aromatic heterocycles. The number of Topliss-reactive ketones (excluding diaryl/α,β-unsaturated/α-hetero) is 1. The second-order valence-corrected chi connectivity index (χ2v) is 12.3. The Kier molecular flexibility index (Phi) is 25.6. The van der Waals surface area contributed by atoms with Crippen molar-refractivity contribution < 1.29 is 53.1 Å². The summed E-state index contributed by atoms with van der Waals surface area (Å²) < 4.78 is 21.4. The van der Waals surface area contributed by atoms with Crippen molar-refractivity contribution >= 4 is 29.5 Å². The van der Waals surface area contributed by atoms with Crippen LogP contribution < -0.4 is 5.32 Å². The van der Waals surface area contributed by atoms with E-state index in [0.717, 1.165) is 12.8 Å². The highest BCUT2D eigenvalue weighted by Gasteiger charge is 2.26. The number of hydrogen-bond acceptors (Lipinski definition) is 11. The number of terminal acetylenes is 1. The normalized spacial score (nSPS) is 14.6. The molecule has 286 valence electrons. The van der Waals surface area contributed by atoms with Crippen LogP contribution in [-0.4, -0.2) is 166 Å². The minimum Gasteiger partial charge on any atom is -0.481 e. The monoisotopic (exact) mass is 712 g/mol. The van der Waals surface area contributed by atoms with E-state index in [1.807, 2.05) is 13.8 Å². The van der Waals surface area contributed by atoms with Crippen LogP contribution in [0, 0.1) is 18.3 Å². The van der Waals surface area contributed by atoms with E-state index in [2.05, 4.69) is 16.1 Å². The van der Waals surface area contributed by atoms with E-state index in [-0.39, 0.29) is 44.2 Å². The van der Waals surface area contributed by atoms with E-state index in [0.29, 0.717) is 111 Å². The van der Waals surface area contributed by atoms with Crippen molar-refractivity contribution in [2.24, 2.45) is 5.92 Å². The van der Waals surface area contributed by atoms with Crippen LogP contribution in [0.25, 0.3) is 0 Å². The lowest BCUT2D eigenvalue weighted by Gasteiger charge is -2.36. The Bertz CT molecular complexity index is 989. The van der Waals surface area contributed by atoms with Crippen molar-refractivity contribution in [2.75, 3.05) is 105 Å². The van der Waals surface area contributed by atoms with Crippen LogP contribution in [0.15, 0.2) is 0 Å². The molecular weight excluding hydrogens is 652 g/mol. The molecule has 1 rings (SSSR count). The maximum Gasteiger partial charge on any atom is 0.326 e. The molecule has 0 aromatic rings. The van der Waals surface area contributed by atoms with Crippen molar-refractivity contribution in [1.82, 2.24) is 20.0 Å². The van der Waals surface area contributed by atoms with E-state index in [1.54, 1.807) is 9.80 Å². The topological polar surface area (TPSA) is 184 Å². The van der Waals surface area contributed by atoms with E-state index in [1.165, 1.54) is 0 Å². The first-order chi connectivity index (χ1) is 24.1. The van der Waals surface area contributed by atoms with Crippen LogP contribution >= 0.6 is 0 Å². The number of aliphatic carboxylic acids is 2. The van der Waals surface area contributed by atoms with Gasteiger partial charge in [0.15, 0.2) is 0 Å². The Labute approximate surface area is 297 Å². The maximum atomic E-state index is 13.0. The molecule has 0 bridgehead atoms. The highest BCUT2D eigenvalue weighted by molar-refractivity contribution is 5.87. The van der Waals surface area contributed by atoms with Crippen LogP contribution in [0.4, 0.5) is 0 Å². The summed E-state index contributed by atoms with van der Waals surface area (Å²) in [6.45, 7) is 9.81. The average Bonchev–Trinajstić information content (AvgIpc) is 3.09. The number of amides is 2. The number of carboxylic acid groups (broad SMARTS) is 2. The Morgan fingerprint density at radius 3 is 1.94 bits per heavy atom. The van der Waals surface area contributed by atoms with E-state index >= 15 is 0 Å². The van der Waals surface area contributed by atoms with Gasteiger partial charge in [-0.2, -0.15) is 0 Å². The quantitative estimate of drug-likeness (QED) is 0.0688. The Hall–Kier alpha value is -3.13. The zero-order chi connectivity index (χ0) is 37.0. The molecule has 0 radical (unpaired) electrons. The predicted molar refractivity (Wildman–Crippen MR) is 186 cm³/mol. The third-order valence-electron chi connectivity index (χ3n) is 8.20. The van der Waals surface area contributed by atoms with Gasteiger partial charge in [-0.3, -0.25) is 29.0 Å². The lowest BCUT2D eigenvalue weighted by Crippen LogP contribution is -2.52. The summed E-state index contributed by atoms with van der Waals surface area (Å²) in [4.78, 5) is 67.5. The van der Waals surface area contributed by atoms with Crippen molar-refractivity contribution in [2.45, 2.75) is 71.3 Å². The summed E-state index contributed by atoms with van der Waals surface area (Å²) in [7, 11) is 0. The zero-order valence-electron chi connectivity index (χ0n) is 30.1. The molecule has 15 nitrogen and oxygen atoms in total. The van der Waals surface area contributed by atoms with Gasteiger partial charge in [0.05, 0.1) is 71.7 Å². The largest absolute Gasteiger partial charge is 0.481 e. The molecule has 15 heteroatoms. The molecular formula is C35H60N4O11.